The number of amides is 2. The van der Waals surface area contributed by atoms with Gasteiger partial charge in [-0.3, -0.25) is 9.59 Å². The highest BCUT2D eigenvalue weighted by Crippen LogP contribution is 2.08. The molecule has 0 spiro atoms. The molecular formula is C19H29N3O4. The van der Waals surface area contributed by atoms with Crippen LogP contribution in [0.4, 0.5) is 0 Å². The monoisotopic (exact) mass is 363 g/mol. The van der Waals surface area contributed by atoms with Gasteiger partial charge >= 0.3 is 5.97 Å². The Morgan fingerprint density at radius 3 is 2.00 bits per heavy atom. The lowest BCUT2D eigenvalue weighted by molar-refractivity contribution is -0.143. The van der Waals surface area contributed by atoms with Crippen molar-refractivity contribution in [2.75, 3.05) is 0 Å². The van der Waals surface area contributed by atoms with E-state index in [0.717, 1.165) is 5.56 Å². The fourth-order valence-corrected chi connectivity index (χ4v) is 2.40. The summed E-state index contributed by atoms with van der Waals surface area (Å²) in [4.78, 5) is 36.3. The molecule has 0 aliphatic heterocycles. The van der Waals surface area contributed by atoms with E-state index in [0.29, 0.717) is 0 Å². The summed E-state index contributed by atoms with van der Waals surface area (Å²) in [7, 11) is 0. The van der Waals surface area contributed by atoms with Crippen LogP contribution in [0.3, 0.4) is 0 Å². The van der Waals surface area contributed by atoms with E-state index >= 15 is 0 Å². The van der Waals surface area contributed by atoms with Crippen molar-refractivity contribution in [3.05, 3.63) is 35.9 Å². The first kappa shape index (κ1) is 21.6. The van der Waals surface area contributed by atoms with Crippen molar-refractivity contribution >= 4 is 17.8 Å². The zero-order valence-electron chi connectivity index (χ0n) is 15.7. The van der Waals surface area contributed by atoms with E-state index < -0.39 is 35.9 Å². The molecule has 0 aliphatic carbocycles. The van der Waals surface area contributed by atoms with Crippen molar-refractivity contribution in [3.8, 4) is 0 Å². The van der Waals surface area contributed by atoms with Gasteiger partial charge in [0, 0.05) is 6.42 Å². The molecule has 0 saturated heterocycles. The van der Waals surface area contributed by atoms with E-state index in [1.165, 1.54) is 0 Å². The minimum Gasteiger partial charge on any atom is -0.480 e. The van der Waals surface area contributed by atoms with E-state index in [1.54, 1.807) is 13.8 Å². The van der Waals surface area contributed by atoms with Crippen molar-refractivity contribution in [3.63, 3.8) is 0 Å². The number of benzene rings is 1. The van der Waals surface area contributed by atoms with Crippen LogP contribution in [0.15, 0.2) is 30.3 Å². The molecule has 0 saturated carbocycles. The van der Waals surface area contributed by atoms with Gasteiger partial charge in [-0.2, -0.15) is 0 Å². The molecule has 0 aromatic heterocycles. The number of rotatable bonds is 9. The average Bonchev–Trinajstić information content (AvgIpc) is 2.58. The summed E-state index contributed by atoms with van der Waals surface area (Å²) in [6.45, 7) is 7.04. The van der Waals surface area contributed by atoms with Crippen LogP contribution in [-0.4, -0.2) is 41.0 Å². The third kappa shape index (κ3) is 6.48. The van der Waals surface area contributed by atoms with E-state index in [9.17, 15) is 19.5 Å². The summed E-state index contributed by atoms with van der Waals surface area (Å²) >= 11 is 0. The Balaban J connectivity index is 2.97. The molecular weight excluding hydrogens is 334 g/mol. The molecule has 0 radical (unpaired) electrons. The van der Waals surface area contributed by atoms with Crippen molar-refractivity contribution < 1.29 is 19.5 Å². The number of carbonyl (C=O) groups excluding carboxylic acids is 2. The summed E-state index contributed by atoms with van der Waals surface area (Å²) in [6, 6.07) is 6.51. The number of nitrogens with one attached hydrogen (secondary N) is 2. The minimum absolute atomic E-state index is 0.0853. The lowest BCUT2D eigenvalue weighted by Gasteiger charge is -2.25. The van der Waals surface area contributed by atoms with Gasteiger partial charge in [-0.15, -0.1) is 0 Å². The first-order valence-electron chi connectivity index (χ1n) is 8.76. The Hall–Kier alpha value is -2.41. The highest BCUT2D eigenvalue weighted by Gasteiger charge is 2.30. The number of nitrogens with two attached hydrogens (primary N) is 1. The highest BCUT2D eigenvalue weighted by atomic mass is 16.4. The molecule has 1 rings (SSSR count). The van der Waals surface area contributed by atoms with E-state index in [1.807, 2.05) is 44.2 Å². The summed E-state index contributed by atoms with van der Waals surface area (Å²) in [6.07, 6.45) is 0.244. The number of carbonyl (C=O) groups is 3. The maximum Gasteiger partial charge on any atom is 0.326 e. The normalized spacial score (nSPS) is 14.6. The largest absolute Gasteiger partial charge is 0.480 e. The maximum absolute atomic E-state index is 12.7. The van der Waals surface area contributed by atoms with E-state index in [-0.39, 0.29) is 18.3 Å². The zero-order valence-corrected chi connectivity index (χ0v) is 15.7. The maximum atomic E-state index is 12.7. The summed E-state index contributed by atoms with van der Waals surface area (Å²) in [5, 5.41) is 14.5. The predicted octanol–water partition coefficient (Wildman–Crippen LogP) is 0.923. The fourth-order valence-electron chi connectivity index (χ4n) is 2.40. The van der Waals surface area contributed by atoms with Crippen molar-refractivity contribution in [2.24, 2.45) is 17.6 Å². The SMILES string of the molecule is CC(C)[C@H](N)C(=O)N[C@@H](Cc1ccccc1)C(=O)N[C@H](C(=O)O)C(C)C. The van der Waals surface area contributed by atoms with Crippen molar-refractivity contribution in [1.29, 1.82) is 0 Å². The van der Waals surface area contributed by atoms with Crippen LogP contribution < -0.4 is 16.4 Å². The van der Waals surface area contributed by atoms with Gasteiger partial charge in [0.15, 0.2) is 0 Å². The molecule has 7 nitrogen and oxygen atoms in total. The Morgan fingerprint density at radius 1 is 0.962 bits per heavy atom. The number of carboxylic acids is 1. The van der Waals surface area contributed by atoms with Crippen molar-refractivity contribution in [1.82, 2.24) is 10.6 Å². The Kier molecular flexibility index (Phi) is 8.25. The Bertz CT molecular complexity index is 616. The van der Waals surface area contributed by atoms with Gasteiger partial charge in [0.2, 0.25) is 11.8 Å². The van der Waals surface area contributed by atoms with Crippen LogP contribution in [-0.2, 0) is 20.8 Å². The van der Waals surface area contributed by atoms with Crippen LogP contribution in [0, 0.1) is 11.8 Å². The van der Waals surface area contributed by atoms with Gasteiger partial charge in [-0.25, -0.2) is 4.79 Å². The molecule has 26 heavy (non-hydrogen) atoms. The van der Waals surface area contributed by atoms with Crippen LogP contribution in [0.5, 0.6) is 0 Å². The van der Waals surface area contributed by atoms with Crippen LogP contribution in [0.2, 0.25) is 0 Å². The zero-order chi connectivity index (χ0) is 19.9. The molecule has 0 bridgehead atoms. The average molecular weight is 363 g/mol. The molecule has 0 fully saturated rings. The summed E-state index contributed by atoms with van der Waals surface area (Å²) in [5.41, 5.74) is 6.71. The second-order valence-electron chi connectivity index (χ2n) is 7.09. The fraction of sp³-hybridized carbons (Fsp3) is 0.526. The quantitative estimate of drug-likeness (QED) is 0.520. The Morgan fingerprint density at radius 2 is 1.54 bits per heavy atom. The molecule has 0 aliphatic rings. The third-order valence-electron chi connectivity index (χ3n) is 4.17. The van der Waals surface area contributed by atoms with E-state index in [4.69, 9.17) is 5.73 Å². The number of hydrogen-bond donors (Lipinski definition) is 4. The molecule has 5 N–H and O–H groups in total. The van der Waals surface area contributed by atoms with Gasteiger partial charge in [-0.1, -0.05) is 58.0 Å². The number of carboxylic acid groups (broad SMARTS) is 1. The second kappa shape index (κ2) is 9.91. The molecule has 144 valence electrons. The van der Waals surface area contributed by atoms with Gasteiger partial charge in [-0.05, 0) is 17.4 Å². The molecule has 1 aromatic carbocycles. The minimum atomic E-state index is -1.11. The van der Waals surface area contributed by atoms with Crippen LogP contribution >= 0.6 is 0 Å². The van der Waals surface area contributed by atoms with Crippen LogP contribution in [0.1, 0.15) is 33.3 Å². The summed E-state index contributed by atoms with van der Waals surface area (Å²) < 4.78 is 0. The second-order valence-corrected chi connectivity index (χ2v) is 7.09. The first-order chi connectivity index (χ1) is 12.1. The molecule has 2 amide bonds. The van der Waals surface area contributed by atoms with Gasteiger partial charge in [0.1, 0.15) is 12.1 Å². The summed E-state index contributed by atoms with van der Waals surface area (Å²) in [5.74, 6) is -2.47. The lowest BCUT2D eigenvalue weighted by Crippen LogP contribution is -2.56. The molecule has 0 heterocycles. The molecule has 3 atom stereocenters. The topological polar surface area (TPSA) is 122 Å². The predicted molar refractivity (Wildman–Crippen MR) is 99.3 cm³/mol. The highest BCUT2D eigenvalue weighted by molar-refractivity contribution is 5.92. The number of hydrogen-bond acceptors (Lipinski definition) is 4. The van der Waals surface area contributed by atoms with Gasteiger partial charge < -0.3 is 21.5 Å². The third-order valence-corrected chi connectivity index (χ3v) is 4.17. The lowest BCUT2D eigenvalue weighted by atomic mass is 10.0. The standard InChI is InChI=1S/C19H29N3O4/c1-11(2)15(20)18(24)21-14(10-13-8-6-5-7-9-13)17(23)22-16(12(3)4)19(25)26/h5-9,11-12,14-16H,10,20H2,1-4H3,(H,21,24)(H,22,23)(H,25,26)/t14-,15-,16-/m0/s1. The smallest absolute Gasteiger partial charge is 0.326 e. The molecule has 0 unspecified atom stereocenters. The van der Waals surface area contributed by atoms with Gasteiger partial charge in [0.25, 0.3) is 0 Å². The molecule has 7 heteroatoms. The Labute approximate surface area is 154 Å². The van der Waals surface area contributed by atoms with E-state index in [2.05, 4.69) is 10.6 Å². The van der Waals surface area contributed by atoms with Gasteiger partial charge in [0.05, 0.1) is 6.04 Å². The first-order valence-corrected chi connectivity index (χ1v) is 8.76. The number of aliphatic carboxylic acids is 1. The van der Waals surface area contributed by atoms with Crippen LogP contribution in [0.25, 0.3) is 0 Å². The van der Waals surface area contributed by atoms with Crippen molar-refractivity contribution in [2.45, 2.75) is 52.2 Å². The molecule has 1 aromatic rings.